The zero-order valence-electron chi connectivity index (χ0n) is 19.0. The van der Waals surface area contributed by atoms with Gasteiger partial charge in [-0.1, -0.05) is 69.3 Å². The number of amides is 1. The Kier molecular flexibility index (Phi) is 5.70. The van der Waals surface area contributed by atoms with Crippen LogP contribution >= 0.6 is 0 Å². The number of benzene rings is 3. The predicted octanol–water partition coefficient (Wildman–Crippen LogP) is 5.98. The molecule has 0 saturated carbocycles. The normalized spacial score (nSPS) is 11.5. The standard InChI is InChI=1S/C28H28N2O2/c1-19-9-8-10-21-17-22(26(31)29-25(19)21)18-30(24-11-6-5-7-12-24)27(32)20-13-15-23(16-14-20)28(2,3)4/h5-17H,18H2,1-4H3,(H,29,31). The molecule has 0 fully saturated rings. The van der Waals surface area contributed by atoms with Gasteiger partial charge in [0, 0.05) is 16.8 Å². The number of H-pyrrole nitrogens is 1. The summed E-state index contributed by atoms with van der Waals surface area (Å²) in [6, 6.07) is 25.0. The molecule has 0 aliphatic rings. The fraction of sp³-hybridized carbons (Fsp3) is 0.214. The van der Waals surface area contributed by atoms with Gasteiger partial charge in [0.15, 0.2) is 0 Å². The lowest BCUT2D eigenvalue weighted by Crippen LogP contribution is -2.33. The van der Waals surface area contributed by atoms with E-state index in [4.69, 9.17) is 0 Å². The number of aromatic amines is 1. The number of fused-ring (bicyclic) bond motifs is 1. The van der Waals surface area contributed by atoms with Crippen LogP contribution in [0.5, 0.6) is 0 Å². The minimum absolute atomic E-state index is 0.0111. The average Bonchev–Trinajstić information content (AvgIpc) is 2.78. The summed E-state index contributed by atoms with van der Waals surface area (Å²) in [5.74, 6) is -0.139. The van der Waals surface area contributed by atoms with Crippen molar-refractivity contribution < 1.29 is 4.79 Å². The van der Waals surface area contributed by atoms with Crippen LogP contribution in [0.4, 0.5) is 5.69 Å². The molecule has 4 heteroatoms. The fourth-order valence-corrected chi connectivity index (χ4v) is 3.87. The van der Waals surface area contributed by atoms with Crippen LogP contribution in [-0.4, -0.2) is 10.9 Å². The molecule has 0 bridgehead atoms. The first-order chi connectivity index (χ1) is 15.2. The molecule has 0 aliphatic carbocycles. The Hall–Kier alpha value is -3.66. The maximum absolute atomic E-state index is 13.6. The number of anilines is 1. The van der Waals surface area contributed by atoms with E-state index in [1.807, 2.05) is 85.8 Å². The highest BCUT2D eigenvalue weighted by Crippen LogP contribution is 2.25. The van der Waals surface area contributed by atoms with Crippen molar-refractivity contribution in [3.8, 4) is 0 Å². The van der Waals surface area contributed by atoms with E-state index in [9.17, 15) is 9.59 Å². The minimum Gasteiger partial charge on any atom is -0.321 e. The Morgan fingerprint density at radius 1 is 0.906 bits per heavy atom. The zero-order valence-corrected chi connectivity index (χ0v) is 19.0. The quantitative estimate of drug-likeness (QED) is 0.438. The SMILES string of the molecule is Cc1cccc2cc(CN(C(=O)c3ccc(C(C)(C)C)cc3)c3ccccc3)c(=O)[nH]c12. The highest BCUT2D eigenvalue weighted by Gasteiger charge is 2.21. The van der Waals surface area contributed by atoms with E-state index in [0.29, 0.717) is 11.1 Å². The van der Waals surface area contributed by atoms with Crippen molar-refractivity contribution in [3.63, 3.8) is 0 Å². The van der Waals surface area contributed by atoms with Crippen molar-refractivity contribution in [1.82, 2.24) is 4.98 Å². The van der Waals surface area contributed by atoms with E-state index in [1.54, 1.807) is 4.90 Å². The van der Waals surface area contributed by atoms with E-state index in [-0.39, 0.29) is 23.4 Å². The summed E-state index contributed by atoms with van der Waals surface area (Å²) < 4.78 is 0. The van der Waals surface area contributed by atoms with E-state index in [2.05, 4.69) is 25.8 Å². The van der Waals surface area contributed by atoms with Gasteiger partial charge in [-0.2, -0.15) is 0 Å². The molecule has 0 radical (unpaired) electrons. The Morgan fingerprint density at radius 2 is 1.59 bits per heavy atom. The molecular formula is C28H28N2O2. The summed E-state index contributed by atoms with van der Waals surface area (Å²) in [5.41, 5.74) is 4.74. The molecule has 0 aliphatic heterocycles. The number of pyridine rings is 1. The van der Waals surface area contributed by atoms with Gasteiger partial charge in [-0.05, 0) is 59.2 Å². The van der Waals surface area contributed by atoms with Crippen molar-refractivity contribution in [2.45, 2.75) is 39.7 Å². The van der Waals surface area contributed by atoms with E-state index >= 15 is 0 Å². The van der Waals surface area contributed by atoms with Gasteiger partial charge in [0.25, 0.3) is 11.5 Å². The maximum Gasteiger partial charge on any atom is 0.258 e. The molecule has 32 heavy (non-hydrogen) atoms. The van der Waals surface area contributed by atoms with Gasteiger partial charge >= 0.3 is 0 Å². The number of nitrogens with zero attached hydrogens (tertiary/aromatic N) is 1. The van der Waals surface area contributed by atoms with Gasteiger partial charge in [-0.3, -0.25) is 9.59 Å². The van der Waals surface area contributed by atoms with Crippen LogP contribution in [0.2, 0.25) is 0 Å². The number of rotatable bonds is 4. The zero-order chi connectivity index (χ0) is 22.9. The summed E-state index contributed by atoms with van der Waals surface area (Å²) in [5, 5.41) is 0.953. The number of para-hydroxylation sites is 2. The molecule has 0 atom stereocenters. The van der Waals surface area contributed by atoms with Crippen molar-refractivity contribution in [2.75, 3.05) is 4.90 Å². The largest absolute Gasteiger partial charge is 0.321 e. The number of aromatic nitrogens is 1. The maximum atomic E-state index is 13.6. The first kappa shape index (κ1) is 21.6. The number of hydrogen-bond acceptors (Lipinski definition) is 2. The summed E-state index contributed by atoms with van der Waals surface area (Å²) in [7, 11) is 0. The summed E-state index contributed by atoms with van der Waals surface area (Å²) in [6.07, 6.45) is 0. The Bertz CT molecular complexity index is 1310. The van der Waals surface area contributed by atoms with Crippen molar-refractivity contribution >= 4 is 22.5 Å². The number of nitrogens with one attached hydrogen (secondary N) is 1. The molecular weight excluding hydrogens is 396 g/mol. The first-order valence-corrected chi connectivity index (χ1v) is 10.8. The number of hydrogen-bond donors (Lipinski definition) is 1. The summed E-state index contributed by atoms with van der Waals surface area (Å²) in [4.78, 5) is 31.1. The van der Waals surface area contributed by atoms with Crippen LogP contribution in [0, 0.1) is 6.92 Å². The predicted molar refractivity (Wildman–Crippen MR) is 131 cm³/mol. The Labute approximate surface area is 188 Å². The van der Waals surface area contributed by atoms with Gasteiger partial charge in [0.1, 0.15) is 0 Å². The molecule has 162 valence electrons. The van der Waals surface area contributed by atoms with Gasteiger partial charge in [-0.25, -0.2) is 0 Å². The smallest absolute Gasteiger partial charge is 0.258 e. The second-order valence-corrected chi connectivity index (χ2v) is 9.22. The molecule has 0 unspecified atom stereocenters. The molecule has 1 aromatic heterocycles. The molecule has 1 N–H and O–H groups in total. The van der Waals surface area contributed by atoms with Crippen LogP contribution in [0.1, 0.15) is 47.8 Å². The lowest BCUT2D eigenvalue weighted by molar-refractivity contribution is 0.0985. The van der Waals surface area contributed by atoms with Gasteiger partial charge in [0.05, 0.1) is 12.1 Å². The third kappa shape index (κ3) is 4.35. The highest BCUT2D eigenvalue weighted by molar-refractivity contribution is 6.06. The molecule has 0 saturated heterocycles. The fourth-order valence-electron chi connectivity index (χ4n) is 3.87. The van der Waals surface area contributed by atoms with E-state index in [0.717, 1.165) is 22.2 Å². The minimum atomic E-state index is -0.177. The molecule has 4 nitrogen and oxygen atoms in total. The second-order valence-electron chi connectivity index (χ2n) is 9.22. The number of carbonyl (C=O) groups is 1. The van der Waals surface area contributed by atoms with Crippen LogP contribution in [-0.2, 0) is 12.0 Å². The molecule has 3 aromatic carbocycles. The molecule has 1 amide bonds. The van der Waals surface area contributed by atoms with Crippen LogP contribution < -0.4 is 10.5 Å². The lowest BCUT2D eigenvalue weighted by Gasteiger charge is -2.24. The van der Waals surface area contributed by atoms with Crippen molar-refractivity contribution in [3.05, 3.63) is 111 Å². The van der Waals surface area contributed by atoms with Crippen molar-refractivity contribution in [1.29, 1.82) is 0 Å². The monoisotopic (exact) mass is 424 g/mol. The second kappa shape index (κ2) is 8.46. The Balaban J connectivity index is 1.74. The van der Waals surface area contributed by atoms with Gasteiger partial charge < -0.3 is 9.88 Å². The summed E-state index contributed by atoms with van der Waals surface area (Å²) >= 11 is 0. The van der Waals surface area contributed by atoms with E-state index in [1.165, 1.54) is 5.56 Å². The molecule has 1 heterocycles. The van der Waals surface area contributed by atoms with Crippen molar-refractivity contribution in [2.24, 2.45) is 0 Å². The van der Waals surface area contributed by atoms with Crippen LogP contribution in [0.15, 0.2) is 83.7 Å². The van der Waals surface area contributed by atoms with Gasteiger partial charge in [0.2, 0.25) is 0 Å². The van der Waals surface area contributed by atoms with Crippen LogP contribution in [0.3, 0.4) is 0 Å². The molecule has 0 spiro atoms. The first-order valence-electron chi connectivity index (χ1n) is 10.8. The average molecular weight is 425 g/mol. The Morgan fingerprint density at radius 3 is 2.25 bits per heavy atom. The molecule has 4 aromatic rings. The molecule has 4 rings (SSSR count). The lowest BCUT2D eigenvalue weighted by atomic mass is 9.86. The summed E-state index contributed by atoms with van der Waals surface area (Å²) in [6.45, 7) is 8.59. The third-order valence-electron chi connectivity index (χ3n) is 5.80. The third-order valence-corrected chi connectivity index (χ3v) is 5.80. The van der Waals surface area contributed by atoms with Crippen LogP contribution in [0.25, 0.3) is 10.9 Å². The topological polar surface area (TPSA) is 53.2 Å². The van der Waals surface area contributed by atoms with Gasteiger partial charge in [-0.15, -0.1) is 0 Å². The number of aryl methyl sites for hydroxylation is 1. The highest BCUT2D eigenvalue weighted by atomic mass is 16.2. The number of carbonyl (C=O) groups excluding carboxylic acids is 1. The van der Waals surface area contributed by atoms with E-state index < -0.39 is 0 Å².